The van der Waals surface area contributed by atoms with Crippen molar-refractivity contribution in [1.82, 2.24) is 4.90 Å². The Morgan fingerprint density at radius 2 is 1.59 bits per heavy atom. The largest absolute Gasteiger partial charge is 0.413 e. The van der Waals surface area contributed by atoms with Crippen molar-refractivity contribution in [1.29, 1.82) is 5.26 Å². The SMILES string of the molecule is CCC[C@H](N)C(=O)N(CC#N)[C@@H](c1ccc(-c2ccc(S(C)(=O)=O)cc2)cc1)C(F)(F)F. The van der Waals surface area contributed by atoms with E-state index in [0.717, 1.165) is 6.26 Å². The van der Waals surface area contributed by atoms with Crippen LogP contribution in [-0.2, 0) is 14.6 Å². The zero-order valence-electron chi connectivity index (χ0n) is 17.6. The third-order valence-electron chi connectivity index (χ3n) is 4.90. The van der Waals surface area contributed by atoms with Crippen LogP contribution in [0.4, 0.5) is 13.2 Å². The molecule has 172 valence electrons. The quantitative estimate of drug-likeness (QED) is 0.594. The molecule has 1 amide bonds. The van der Waals surface area contributed by atoms with E-state index in [-0.39, 0.29) is 16.9 Å². The number of halogens is 3. The number of nitriles is 1. The lowest BCUT2D eigenvalue weighted by Crippen LogP contribution is -2.49. The molecule has 2 atom stereocenters. The van der Waals surface area contributed by atoms with Crippen LogP contribution < -0.4 is 5.73 Å². The van der Waals surface area contributed by atoms with Gasteiger partial charge in [-0.3, -0.25) is 4.79 Å². The summed E-state index contributed by atoms with van der Waals surface area (Å²) in [5, 5.41) is 9.04. The minimum atomic E-state index is -4.82. The van der Waals surface area contributed by atoms with Crippen LogP contribution in [0.3, 0.4) is 0 Å². The second-order valence-corrected chi connectivity index (χ2v) is 9.40. The molecule has 2 N–H and O–H groups in total. The van der Waals surface area contributed by atoms with Gasteiger partial charge in [0, 0.05) is 6.26 Å². The third-order valence-corrected chi connectivity index (χ3v) is 6.03. The van der Waals surface area contributed by atoms with E-state index >= 15 is 0 Å². The minimum Gasteiger partial charge on any atom is -0.320 e. The molecule has 0 saturated carbocycles. The summed E-state index contributed by atoms with van der Waals surface area (Å²) in [5.74, 6) is -0.934. The zero-order chi connectivity index (χ0) is 24.1. The lowest BCUT2D eigenvalue weighted by atomic mass is 9.98. The van der Waals surface area contributed by atoms with E-state index < -0.39 is 40.5 Å². The van der Waals surface area contributed by atoms with Crippen molar-refractivity contribution in [2.75, 3.05) is 12.8 Å². The molecule has 0 aliphatic carbocycles. The normalized spacial score (nSPS) is 13.8. The van der Waals surface area contributed by atoms with Gasteiger partial charge < -0.3 is 10.6 Å². The Morgan fingerprint density at radius 3 is 2.00 bits per heavy atom. The molecule has 0 aliphatic rings. The third kappa shape index (κ3) is 6.08. The van der Waals surface area contributed by atoms with Gasteiger partial charge in [0.15, 0.2) is 15.9 Å². The Kier molecular flexibility index (Phi) is 8.04. The molecule has 0 fully saturated rings. The van der Waals surface area contributed by atoms with Crippen LogP contribution in [0.1, 0.15) is 31.4 Å². The van der Waals surface area contributed by atoms with Gasteiger partial charge in [-0.15, -0.1) is 0 Å². The molecule has 32 heavy (non-hydrogen) atoms. The summed E-state index contributed by atoms with van der Waals surface area (Å²) in [6.45, 7) is 0.999. The van der Waals surface area contributed by atoms with Crippen molar-refractivity contribution in [3.05, 3.63) is 54.1 Å². The summed E-state index contributed by atoms with van der Waals surface area (Å²) in [7, 11) is -3.37. The fraction of sp³-hybridized carbons (Fsp3) is 0.364. The zero-order valence-corrected chi connectivity index (χ0v) is 18.4. The number of hydrogen-bond donors (Lipinski definition) is 1. The van der Waals surface area contributed by atoms with Crippen molar-refractivity contribution in [3.63, 3.8) is 0 Å². The standard InChI is InChI=1S/C22H24F3N3O3S/c1-3-4-19(27)21(29)28(14-13-26)20(22(23,24)25)17-7-5-15(6-8-17)16-9-11-18(12-10-16)32(2,30)31/h5-12,19-20H,3-4,14,27H2,1-2H3/t19-,20-/m0/s1. The Bertz CT molecular complexity index is 1080. The van der Waals surface area contributed by atoms with Gasteiger partial charge in [0.2, 0.25) is 5.91 Å². The highest BCUT2D eigenvalue weighted by Gasteiger charge is 2.47. The molecule has 2 aromatic carbocycles. The van der Waals surface area contributed by atoms with Gasteiger partial charge in [-0.2, -0.15) is 18.4 Å². The highest BCUT2D eigenvalue weighted by atomic mass is 32.2. The Hall–Kier alpha value is -2.90. The summed E-state index contributed by atoms with van der Waals surface area (Å²) in [5.41, 5.74) is 6.72. The average molecular weight is 468 g/mol. The Balaban J connectivity index is 2.42. The van der Waals surface area contributed by atoms with Crippen LogP contribution >= 0.6 is 0 Å². The number of carbonyl (C=O) groups is 1. The second kappa shape index (κ2) is 10.1. The van der Waals surface area contributed by atoms with Crippen LogP contribution in [-0.4, -0.2) is 44.2 Å². The fourth-order valence-electron chi connectivity index (χ4n) is 3.32. The predicted octanol–water partition coefficient (Wildman–Crippen LogP) is 3.84. The van der Waals surface area contributed by atoms with E-state index in [2.05, 4.69) is 0 Å². The van der Waals surface area contributed by atoms with Gasteiger partial charge in [-0.05, 0) is 35.2 Å². The van der Waals surface area contributed by atoms with Crippen LogP contribution in [0.15, 0.2) is 53.4 Å². The molecule has 0 radical (unpaired) electrons. The smallest absolute Gasteiger partial charge is 0.320 e. The molecule has 0 bridgehead atoms. The molecule has 10 heteroatoms. The fourth-order valence-corrected chi connectivity index (χ4v) is 3.95. The number of nitrogens with zero attached hydrogens (tertiary/aromatic N) is 2. The average Bonchev–Trinajstić information content (AvgIpc) is 2.72. The van der Waals surface area contributed by atoms with Crippen LogP contribution in [0, 0.1) is 11.3 Å². The number of amides is 1. The molecule has 0 unspecified atom stereocenters. The summed E-state index contributed by atoms with van der Waals surface area (Å²) < 4.78 is 65.1. The molecule has 0 aliphatic heterocycles. The molecule has 6 nitrogen and oxygen atoms in total. The van der Waals surface area contributed by atoms with Gasteiger partial charge in [0.05, 0.1) is 17.0 Å². The number of hydrogen-bond acceptors (Lipinski definition) is 5. The first-order valence-corrected chi connectivity index (χ1v) is 11.7. The first-order chi connectivity index (χ1) is 14.9. The number of sulfone groups is 1. The van der Waals surface area contributed by atoms with Crippen molar-refractivity contribution < 1.29 is 26.4 Å². The van der Waals surface area contributed by atoms with E-state index in [0.29, 0.717) is 22.4 Å². The summed E-state index contributed by atoms with van der Waals surface area (Å²) in [6, 6.07) is 9.49. The number of nitrogens with two attached hydrogens (primary N) is 1. The molecular weight excluding hydrogens is 443 g/mol. The van der Waals surface area contributed by atoms with Crippen LogP contribution in [0.5, 0.6) is 0 Å². The second-order valence-electron chi connectivity index (χ2n) is 7.38. The van der Waals surface area contributed by atoms with Gasteiger partial charge in [-0.25, -0.2) is 8.42 Å². The van der Waals surface area contributed by atoms with E-state index in [1.165, 1.54) is 36.4 Å². The molecule has 0 heterocycles. The van der Waals surface area contributed by atoms with Gasteiger partial charge in [-0.1, -0.05) is 49.7 Å². The Morgan fingerprint density at radius 1 is 1.09 bits per heavy atom. The highest BCUT2D eigenvalue weighted by Crippen LogP contribution is 2.38. The topological polar surface area (TPSA) is 104 Å². The lowest BCUT2D eigenvalue weighted by Gasteiger charge is -2.33. The monoisotopic (exact) mass is 467 g/mol. The molecule has 2 aromatic rings. The number of rotatable bonds is 8. The summed E-state index contributed by atoms with van der Waals surface area (Å²) in [6.07, 6.45) is -3.03. The molecular formula is C22H24F3N3O3S. The summed E-state index contributed by atoms with van der Waals surface area (Å²) in [4.78, 5) is 13.2. The van der Waals surface area contributed by atoms with Gasteiger partial charge >= 0.3 is 6.18 Å². The highest BCUT2D eigenvalue weighted by molar-refractivity contribution is 7.90. The summed E-state index contributed by atoms with van der Waals surface area (Å²) >= 11 is 0. The Labute approximate surface area is 185 Å². The maximum absolute atomic E-state index is 14.0. The first kappa shape index (κ1) is 25.4. The first-order valence-electron chi connectivity index (χ1n) is 9.80. The van der Waals surface area contributed by atoms with E-state index in [9.17, 15) is 26.4 Å². The molecule has 2 rings (SSSR count). The maximum atomic E-state index is 14.0. The molecule has 0 saturated heterocycles. The van der Waals surface area contributed by atoms with Gasteiger partial charge in [0.25, 0.3) is 0 Å². The van der Waals surface area contributed by atoms with Crippen molar-refractivity contribution in [2.24, 2.45) is 5.73 Å². The van der Waals surface area contributed by atoms with Crippen molar-refractivity contribution >= 4 is 15.7 Å². The lowest BCUT2D eigenvalue weighted by molar-refractivity contribution is -0.191. The van der Waals surface area contributed by atoms with Crippen molar-refractivity contribution in [3.8, 4) is 17.2 Å². The van der Waals surface area contributed by atoms with Crippen molar-refractivity contribution in [2.45, 2.75) is 42.9 Å². The maximum Gasteiger partial charge on any atom is 0.413 e. The van der Waals surface area contributed by atoms with Gasteiger partial charge in [0.1, 0.15) is 6.54 Å². The minimum absolute atomic E-state index is 0.129. The predicted molar refractivity (Wildman–Crippen MR) is 114 cm³/mol. The molecule has 0 spiro atoms. The van der Waals surface area contributed by atoms with Crippen LogP contribution in [0.25, 0.3) is 11.1 Å². The van der Waals surface area contributed by atoms with E-state index in [4.69, 9.17) is 11.0 Å². The van der Waals surface area contributed by atoms with Crippen LogP contribution in [0.2, 0.25) is 0 Å². The van der Waals surface area contributed by atoms with E-state index in [1.54, 1.807) is 25.1 Å². The number of carbonyl (C=O) groups excluding carboxylic acids is 1. The van der Waals surface area contributed by atoms with E-state index in [1.807, 2.05) is 0 Å². The number of alkyl halides is 3. The molecule has 0 aromatic heterocycles. The number of benzene rings is 2.